The fraction of sp³-hybridized carbons (Fsp3) is 0. The first kappa shape index (κ1) is 12.9. The third-order valence-electron chi connectivity index (χ3n) is 2.15. The highest BCUT2D eigenvalue weighted by Crippen LogP contribution is 2.27. The number of hydrogen-bond acceptors (Lipinski definition) is 3. The van der Waals surface area contributed by atoms with Crippen LogP contribution < -0.4 is 10.5 Å². The Morgan fingerprint density at radius 3 is 2.67 bits per heavy atom. The SMILES string of the molecule is N=C(N)c1ccc(Oc2cncc(Br)c2)cc1Cl. The summed E-state index contributed by atoms with van der Waals surface area (Å²) in [7, 11) is 0. The van der Waals surface area contributed by atoms with Gasteiger partial charge in [0.05, 0.1) is 11.2 Å². The Hall–Kier alpha value is -1.59. The van der Waals surface area contributed by atoms with E-state index in [2.05, 4.69) is 20.9 Å². The summed E-state index contributed by atoms with van der Waals surface area (Å²) in [4.78, 5) is 3.99. The van der Waals surface area contributed by atoms with Crippen LogP contribution >= 0.6 is 27.5 Å². The van der Waals surface area contributed by atoms with Gasteiger partial charge in [-0.3, -0.25) is 10.4 Å². The van der Waals surface area contributed by atoms with E-state index in [0.29, 0.717) is 22.1 Å². The molecule has 0 saturated heterocycles. The molecule has 92 valence electrons. The normalized spacial score (nSPS) is 10.1. The van der Waals surface area contributed by atoms with Gasteiger partial charge >= 0.3 is 0 Å². The molecule has 0 atom stereocenters. The number of hydrogen-bond donors (Lipinski definition) is 2. The van der Waals surface area contributed by atoms with Crippen LogP contribution in [0.25, 0.3) is 0 Å². The predicted octanol–water partition coefficient (Wildman–Crippen LogP) is 3.57. The Bertz CT molecular complexity index is 604. The number of halogens is 2. The van der Waals surface area contributed by atoms with Crippen LogP contribution in [-0.2, 0) is 0 Å². The van der Waals surface area contributed by atoms with Gasteiger partial charge in [-0.05, 0) is 34.1 Å². The van der Waals surface area contributed by atoms with Gasteiger partial charge in [0.25, 0.3) is 0 Å². The van der Waals surface area contributed by atoms with Gasteiger partial charge < -0.3 is 10.5 Å². The van der Waals surface area contributed by atoms with Gasteiger partial charge in [0.15, 0.2) is 0 Å². The molecule has 3 N–H and O–H groups in total. The highest BCUT2D eigenvalue weighted by Gasteiger charge is 2.06. The number of nitrogens with one attached hydrogen (secondary N) is 1. The highest BCUT2D eigenvalue weighted by molar-refractivity contribution is 9.10. The molecule has 1 heterocycles. The van der Waals surface area contributed by atoms with Crippen molar-refractivity contribution in [3.05, 3.63) is 51.7 Å². The number of nitrogen functional groups attached to an aromatic ring is 1. The Kier molecular flexibility index (Phi) is 3.84. The monoisotopic (exact) mass is 325 g/mol. The molecule has 4 nitrogen and oxygen atoms in total. The number of rotatable bonds is 3. The minimum absolute atomic E-state index is 0.0735. The average molecular weight is 327 g/mol. The molecular weight excluding hydrogens is 318 g/mol. The number of pyridine rings is 1. The van der Waals surface area contributed by atoms with Crippen LogP contribution in [0.1, 0.15) is 5.56 Å². The molecule has 0 aliphatic heterocycles. The second kappa shape index (κ2) is 5.37. The summed E-state index contributed by atoms with van der Waals surface area (Å²) in [6, 6.07) is 6.74. The van der Waals surface area contributed by atoms with Gasteiger partial charge in [0, 0.05) is 22.3 Å². The van der Waals surface area contributed by atoms with Gasteiger partial charge in [-0.25, -0.2) is 0 Å². The topological polar surface area (TPSA) is 72.0 Å². The number of nitrogens with two attached hydrogens (primary N) is 1. The van der Waals surface area contributed by atoms with Crippen LogP contribution in [0.4, 0.5) is 0 Å². The molecule has 0 amide bonds. The van der Waals surface area contributed by atoms with Crippen molar-refractivity contribution in [2.75, 3.05) is 0 Å². The zero-order valence-corrected chi connectivity index (χ0v) is 11.5. The minimum Gasteiger partial charge on any atom is -0.456 e. The van der Waals surface area contributed by atoms with E-state index in [1.54, 1.807) is 36.7 Å². The van der Waals surface area contributed by atoms with Gasteiger partial charge in [-0.1, -0.05) is 11.6 Å². The predicted molar refractivity (Wildman–Crippen MR) is 74.5 cm³/mol. The Morgan fingerprint density at radius 2 is 2.06 bits per heavy atom. The van der Waals surface area contributed by atoms with Crippen molar-refractivity contribution in [1.29, 1.82) is 5.41 Å². The lowest BCUT2D eigenvalue weighted by atomic mass is 10.2. The Labute approximate surface area is 117 Å². The molecule has 1 aromatic carbocycles. The number of benzene rings is 1. The third-order valence-corrected chi connectivity index (χ3v) is 2.89. The quantitative estimate of drug-likeness (QED) is 0.669. The molecule has 6 heteroatoms. The first-order chi connectivity index (χ1) is 8.56. The Balaban J connectivity index is 2.25. The summed E-state index contributed by atoms with van der Waals surface area (Å²) in [5.74, 6) is 1.08. The van der Waals surface area contributed by atoms with E-state index in [1.807, 2.05) is 0 Å². The molecule has 0 fully saturated rings. The molecule has 1 aromatic heterocycles. The van der Waals surface area contributed by atoms with E-state index in [9.17, 15) is 0 Å². The second-order valence-corrected chi connectivity index (χ2v) is 4.82. The van der Waals surface area contributed by atoms with Crippen LogP contribution in [0.2, 0.25) is 5.02 Å². The molecular formula is C12H9BrClN3O. The average Bonchev–Trinajstić information content (AvgIpc) is 2.28. The standard InChI is InChI=1S/C12H9BrClN3O/c13-7-3-9(6-17-5-7)18-8-1-2-10(12(15)16)11(14)4-8/h1-6H,(H3,15,16). The van der Waals surface area contributed by atoms with Gasteiger partial charge in [-0.2, -0.15) is 0 Å². The van der Waals surface area contributed by atoms with Crippen LogP contribution in [0, 0.1) is 5.41 Å². The smallest absolute Gasteiger partial charge is 0.146 e. The van der Waals surface area contributed by atoms with Crippen molar-refractivity contribution in [3.8, 4) is 11.5 Å². The second-order valence-electron chi connectivity index (χ2n) is 3.50. The number of ether oxygens (including phenoxy) is 1. The van der Waals surface area contributed by atoms with Crippen LogP contribution in [0.5, 0.6) is 11.5 Å². The van der Waals surface area contributed by atoms with Gasteiger partial charge in [0.2, 0.25) is 0 Å². The maximum atomic E-state index is 7.33. The van der Waals surface area contributed by atoms with Crippen LogP contribution in [0.3, 0.4) is 0 Å². The molecule has 2 rings (SSSR count). The summed E-state index contributed by atoms with van der Waals surface area (Å²) in [6.45, 7) is 0. The van der Waals surface area contributed by atoms with Crippen molar-refractivity contribution in [3.63, 3.8) is 0 Å². The minimum atomic E-state index is -0.0735. The highest BCUT2D eigenvalue weighted by atomic mass is 79.9. The van der Waals surface area contributed by atoms with E-state index in [-0.39, 0.29) is 5.84 Å². The molecule has 0 saturated carbocycles. The molecule has 0 radical (unpaired) electrons. The van der Waals surface area contributed by atoms with Crippen molar-refractivity contribution in [1.82, 2.24) is 4.98 Å². The van der Waals surface area contributed by atoms with E-state index in [0.717, 1.165) is 4.47 Å². The largest absolute Gasteiger partial charge is 0.456 e. The van der Waals surface area contributed by atoms with Crippen LogP contribution in [0.15, 0.2) is 41.1 Å². The maximum Gasteiger partial charge on any atom is 0.146 e. The zero-order valence-electron chi connectivity index (χ0n) is 9.15. The lowest BCUT2D eigenvalue weighted by Gasteiger charge is -2.08. The summed E-state index contributed by atoms with van der Waals surface area (Å²) in [6.07, 6.45) is 3.26. The lowest BCUT2D eigenvalue weighted by molar-refractivity contribution is 0.480. The lowest BCUT2D eigenvalue weighted by Crippen LogP contribution is -2.11. The van der Waals surface area contributed by atoms with Crippen molar-refractivity contribution >= 4 is 33.4 Å². The first-order valence-corrected chi connectivity index (χ1v) is 6.15. The van der Waals surface area contributed by atoms with E-state index >= 15 is 0 Å². The molecule has 18 heavy (non-hydrogen) atoms. The maximum absolute atomic E-state index is 7.33. The molecule has 2 aromatic rings. The van der Waals surface area contributed by atoms with Crippen molar-refractivity contribution < 1.29 is 4.74 Å². The molecule has 0 aliphatic rings. The number of nitrogens with zero attached hydrogens (tertiary/aromatic N) is 1. The van der Waals surface area contributed by atoms with Gasteiger partial charge in [-0.15, -0.1) is 0 Å². The summed E-state index contributed by atoms with van der Waals surface area (Å²) in [5.41, 5.74) is 5.86. The van der Waals surface area contributed by atoms with Gasteiger partial charge in [0.1, 0.15) is 17.3 Å². The summed E-state index contributed by atoms with van der Waals surface area (Å²) < 4.78 is 6.41. The zero-order chi connectivity index (χ0) is 13.1. The summed E-state index contributed by atoms with van der Waals surface area (Å²) in [5, 5.41) is 7.71. The fourth-order valence-corrected chi connectivity index (χ4v) is 1.98. The van der Waals surface area contributed by atoms with E-state index < -0.39 is 0 Å². The van der Waals surface area contributed by atoms with Crippen molar-refractivity contribution in [2.24, 2.45) is 5.73 Å². The molecule has 0 aliphatic carbocycles. The Morgan fingerprint density at radius 1 is 1.28 bits per heavy atom. The fourth-order valence-electron chi connectivity index (χ4n) is 1.36. The van der Waals surface area contributed by atoms with E-state index in [4.69, 9.17) is 27.5 Å². The number of amidine groups is 1. The van der Waals surface area contributed by atoms with Crippen molar-refractivity contribution in [2.45, 2.75) is 0 Å². The molecule has 0 bridgehead atoms. The number of aromatic nitrogens is 1. The third kappa shape index (κ3) is 3.00. The van der Waals surface area contributed by atoms with E-state index in [1.165, 1.54) is 0 Å². The molecule has 0 unspecified atom stereocenters. The van der Waals surface area contributed by atoms with Crippen LogP contribution in [-0.4, -0.2) is 10.8 Å². The summed E-state index contributed by atoms with van der Waals surface area (Å²) >= 11 is 9.30. The molecule has 0 spiro atoms. The first-order valence-electron chi connectivity index (χ1n) is 4.98.